The third kappa shape index (κ3) is 5.21. The molecule has 1 rings (SSSR count). The molecular formula is C15H25NO3S. The molecule has 0 fully saturated rings. The highest BCUT2D eigenvalue weighted by atomic mass is 32.2. The molecule has 1 aromatic rings. The first-order valence-corrected chi connectivity index (χ1v) is 8.27. The quantitative estimate of drug-likeness (QED) is 0.647. The van der Waals surface area contributed by atoms with E-state index in [9.17, 15) is 9.90 Å². The lowest BCUT2D eigenvalue weighted by atomic mass is 9.90. The predicted molar refractivity (Wildman–Crippen MR) is 83.0 cm³/mol. The Bertz CT molecular complexity index is 392. The van der Waals surface area contributed by atoms with Gasteiger partial charge >= 0.3 is 5.97 Å². The summed E-state index contributed by atoms with van der Waals surface area (Å²) in [5.41, 5.74) is -0.792. The summed E-state index contributed by atoms with van der Waals surface area (Å²) in [6.45, 7) is 5.90. The van der Waals surface area contributed by atoms with Gasteiger partial charge in [0.2, 0.25) is 0 Å². The second-order valence-electron chi connectivity index (χ2n) is 5.28. The third-order valence-corrected chi connectivity index (χ3v) is 4.36. The average molecular weight is 299 g/mol. The SMILES string of the molecule is CCC(CCCSCc1ccco1)(NC(C)C)C(=O)O. The van der Waals surface area contributed by atoms with Crippen LogP contribution in [0.5, 0.6) is 0 Å². The van der Waals surface area contributed by atoms with Gasteiger partial charge in [-0.05, 0) is 51.0 Å². The highest BCUT2D eigenvalue weighted by Gasteiger charge is 2.36. The molecule has 1 atom stereocenters. The molecule has 0 amide bonds. The zero-order valence-electron chi connectivity index (χ0n) is 12.5. The maximum absolute atomic E-state index is 11.6. The van der Waals surface area contributed by atoms with Crippen molar-refractivity contribution >= 4 is 17.7 Å². The van der Waals surface area contributed by atoms with E-state index in [0.717, 1.165) is 23.7 Å². The minimum Gasteiger partial charge on any atom is -0.480 e. The lowest BCUT2D eigenvalue weighted by molar-refractivity contribution is -0.145. The van der Waals surface area contributed by atoms with E-state index >= 15 is 0 Å². The number of hydrogen-bond acceptors (Lipinski definition) is 4. The van der Waals surface area contributed by atoms with E-state index in [4.69, 9.17) is 4.42 Å². The number of furan rings is 1. The third-order valence-electron chi connectivity index (χ3n) is 3.29. The van der Waals surface area contributed by atoms with Gasteiger partial charge in [-0.2, -0.15) is 11.8 Å². The summed E-state index contributed by atoms with van der Waals surface area (Å²) < 4.78 is 5.27. The van der Waals surface area contributed by atoms with Crippen molar-refractivity contribution in [3.05, 3.63) is 24.2 Å². The Morgan fingerprint density at radius 3 is 2.80 bits per heavy atom. The summed E-state index contributed by atoms with van der Waals surface area (Å²) in [5, 5.41) is 12.7. The summed E-state index contributed by atoms with van der Waals surface area (Å²) in [4.78, 5) is 11.6. The number of hydrogen-bond donors (Lipinski definition) is 2. The van der Waals surface area contributed by atoms with Crippen LogP contribution in [-0.4, -0.2) is 28.4 Å². The van der Waals surface area contributed by atoms with Gasteiger partial charge in [0.1, 0.15) is 11.3 Å². The zero-order chi connectivity index (χ0) is 15.0. The number of aliphatic carboxylic acids is 1. The van der Waals surface area contributed by atoms with E-state index < -0.39 is 11.5 Å². The first-order valence-electron chi connectivity index (χ1n) is 7.11. The summed E-state index contributed by atoms with van der Waals surface area (Å²) in [7, 11) is 0. The smallest absolute Gasteiger partial charge is 0.323 e. The average Bonchev–Trinajstić information content (AvgIpc) is 2.89. The van der Waals surface area contributed by atoms with E-state index in [2.05, 4.69) is 5.32 Å². The summed E-state index contributed by atoms with van der Waals surface area (Å²) >= 11 is 1.78. The van der Waals surface area contributed by atoms with Gasteiger partial charge in [0.25, 0.3) is 0 Å². The van der Waals surface area contributed by atoms with Crippen molar-refractivity contribution in [3.8, 4) is 0 Å². The fraction of sp³-hybridized carbons (Fsp3) is 0.667. The van der Waals surface area contributed by atoms with Crippen LogP contribution in [-0.2, 0) is 10.5 Å². The second kappa shape index (κ2) is 8.37. The van der Waals surface area contributed by atoms with Gasteiger partial charge in [0, 0.05) is 6.04 Å². The minimum atomic E-state index is -0.792. The lowest BCUT2D eigenvalue weighted by Crippen LogP contribution is -2.54. The molecular weight excluding hydrogens is 274 g/mol. The summed E-state index contributed by atoms with van der Waals surface area (Å²) in [5.74, 6) is 2.01. The van der Waals surface area contributed by atoms with Crippen molar-refractivity contribution in [2.24, 2.45) is 0 Å². The molecule has 5 heteroatoms. The van der Waals surface area contributed by atoms with Crippen LogP contribution in [0.3, 0.4) is 0 Å². The van der Waals surface area contributed by atoms with Crippen LogP contribution in [0.2, 0.25) is 0 Å². The second-order valence-corrected chi connectivity index (χ2v) is 6.38. The standard InChI is InChI=1S/C15H25NO3S/c1-4-15(14(17)18,16-12(2)3)8-6-10-20-11-13-7-5-9-19-13/h5,7,9,12,16H,4,6,8,10-11H2,1-3H3,(H,17,18). The van der Waals surface area contributed by atoms with Gasteiger partial charge in [0.05, 0.1) is 12.0 Å². The molecule has 0 saturated heterocycles. The number of carboxylic acid groups (broad SMARTS) is 1. The van der Waals surface area contributed by atoms with Crippen molar-refractivity contribution in [3.63, 3.8) is 0 Å². The Labute approximate surface area is 125 Å². The van der Waals surface area contributed by atoms with Gasteiger partial charge in [-0.25, -0.2) is 0 Å². The number of carbonyl (C=O) groups is 1. The molecule has 1 unspecified atom stereocenters. The lowest BCUT2D eigenvalue weighted by Gasteiger charge is -2.31. The predicted octanol–water partition coefficient (Wildman–Crippen LogP) is 3.52. The Kier molecular flexibility index (Phi) is 7.16. The Balaban J connectivity index is 2.36. The van der Waals surface area contributed by atoms with Gasteiger partial charge in [-0.15, -0.1) is 0 Å². The Hall–Kier alpha value is -0.940. The minimum absolute atomic E-state index is 0.168. The van der Waals surface area contributed by atoms with E-state index in [1.54, 1.807) is 18.0 Å². The first kappa shape index (κ1) is 17.1. The zero-order valence-corrected chi connectivity index (χ0v) is 13.3. The van der Waals surface area contributed by atoms with Crippen LogP contribution in [0.4, 0.5) is 0 Å². The van der Waals surface area contributed by atoms with E-state index in [0.29, 0.717) is 12.8 Å². The van der Waals surface area contributed by atoms with E-state index in [-0.39, 0.29) is 6.04 Å². The summed E-state index contributed by atoms with van der Waals surface area (Å²) in [6.07, 6.45) is 3.81. The number of rotatable bonds is 10. The van der Waals surface area contributed by atoms with Gasteiger partial charge in [0.15, 0.2) is 0 Å². The van der Waals surface area contributed by atoms with Crippen LogP contribution < -0.4 is 5.32 Å². The van der Waals surface area contributed by atoms with Crippen LogP contribution in [0.15, 0.2) is 22.8 Å². The number of thioether (sulfide) groups is 1. The number of carboxylic acids is 1. The molecule has 0 aliphatic heterocycles. The van der Waals surface area contributed by atoms with Gasteiger partial charge < -0.3 is 9.52 Å². The van der Waals surface area contributed by atoms with Crippen molar-refractivity contribution in [2.75, 3.05) is 5.75 Å². The van der Waals surface area contributed by atoms with Crippen molar-refractivity contribution < 1.29 is 14.3 Å². The van der Waals surface area contributed by atoms with Crippen LogP contribution in [0.25, 0.3) is 0 Å². The molecule has 4 nitrogen and oxygen atoms in total. The Morgan fingerprint density at radius 1 is 1.55 bits per heavy atom. The fourth-order valence-corrected chi connectivity index (χ4v) is 3.13. The molecule has 1 heterocycles. The van der Waals surface area contributed by atoms with Gasteiger partial charge in [-0.1, -0.05) is 6.92 Å². The molecule has 0 bridgehead atoms. The highest BCUT2D eigenvalue weighted by molar-refractivity contribution is 7.98. The first-order chi connectivity index (χ1) is 9.50. The van der Waals surface area contributed by atoms with Crippen LogP contribution in [0.1, 0.15) is 45.8 Å². The molecule has 114 valence electrons. The van der Waals surface area contributed by atoms with Crippen LogP contribution in [0, 0.1) is 0 Å². The molecule has 20 heavy (non-hydrogen) atoms. The van der Waals surface area contributed by atoms with Crippen LogP contribution >= 0.6 is 11.8 Å². The molecule has 0 radical (unpaired) electrons. The molecule has 0 spiro atoms. The number of nitrogens with one attached hydrogen (secondary N) is 1. The Morgan fingerprint density at radius 2 is 2.30 bits per heavy atom. The van der Waals surface area contributed by atoms with E-state index in [1.807, 2.05) is 32.9 Å². The maximum atomic E-state index is 11.6. The molecule has 2 N–H and O–H groups in total. The largest absolute Gasteiger partial charge is 0.480 e. The van der Waals surface area contributed by atoms with Crippen molar-refractivity contribution in [2.45, 2.75) is 57.4 Å². The van der Waals surface area contributed by atoms with E-state index in [1.165, 1.54) is 0 Å². The van der Waals surface area contributed by atoms with Gasteiger partial charge in [-0.3, -0.25) is 10.1 Å². The molecule has 1 aromatic heterocycles. The fourth-order valence-electron chi connectivity index (χ4n) is 2.27. The molecule has 0 aliphatic rings. The van der Waals surface area contributed by atoms with Crippen molar-refractivity contribution in [1.82, 2.24) is 5.32 Å². The molecule has 0 aliphatic carbocycles. The molecule has 0 aromatic carbocycles. The monoisotopic (exact) mass is 299 g/mol. The van der Waals surface area contributed by atoms with Crippen molar-refractivity contribution in [1.29, 1.82) is 0 Å². The normalized spacial score (nSPS) is 14.4. The topological polar surface area (TPSA) is 62.5 Å². The maximum Gasteiger partial charge on any atom is 0.323 e. The molecule has 0 saturated carbocycles. The summed E-state index contributed by atoms with van der Waals surface area (Å²) in [6, 6.07) is 4.01. The highest BCUT2D eigenvalue weighted by Crippen LogP contribution is 2.22.